The van der Waals surface area contributed by atoms with Crippen molar-refractivity contribution in [2.24, 2.45) is 11.3 Å². The van der Waals surface area contributed by atoms with Crippen LogP contribution in [0.15, 0.2) is 17.8 Å². The number of nitrogens with one attached hydrogen (secondary N) is 1. The molecule has 1 aliphatic carbocycles. The van der Waals surface area contributed by atoms with Crippen LogP contribution in [-0.4, -0.2) is 22.5 Å². The number of thiazole rings is 1. The first kappa shape index (κ1) is 12.2. The molecule has 1 atom stereocenters. The van der Waals surface area contributed by atoms with Gasteiger partial charge in [0.2, 0.25) is 0 Å². The van der Waals surface area contributed by atoms with E-state index < -0.39 is 0 Å². The number of imidazole rings is 1. The molecule has 1 saturated carbocycles. The van der Waals surface area contributed by atoms with Gasteiger partial charge < -0.3 is 5.32 Å². The molecule has 0 aromatic carbocycles. The van der Waals surface area contributed by atoms with Crippen LogP contribution < -0.4 is 5.32 Å². The third-order valence-corrected chi connectivity index (χ3v) is 4.84. The summed E-state index contributed by atoms with van der Waals surface area (Å²) in [6.45, 7) is 6.76. The lowest BCUT2D eigenvalue weighted by Gasteiger charge is -2.29. The highest BCUT2D eigenvalue weighted by atomic mass is 32.1. The molecule has 0 aliphatic heterocycles. The Labute approximate surface area is 112 Å². The van der Waals surface area contributed by atoms with E-state index in [1.807, 2.05) is 0 Å². The van der Waals surface area contributed by atoms with Gasteiger partial charge in [0.05, 0.1) is 5.69 Å². The van der Waals surface area contributed by atoms with Crippen molar-refractivity contribution in [3.63, 3.8) is 0 Å². The molecule has 1 fully saturated rings. The Hall–Kier alpha value is -0.870. The van der Waals surface area contributed by atoms with Crippen molar-refractivity contribution in [3.05, 3.63) is 23.5 Å². The molecule has 3 nitrogen and oxygen atoms in total. The van der Waals surface area contributed by atoms with Crippen molar-refractivity contribution in [2.75, 3.05) is 13.1 Å². The minimum Gasteiger partial charge on any atom is -0.316 e. The predicted molar refractivity (Wildman–Crippen MR) is 76.1 cm³/mol. The molecule has 2 heterocycles. The van der Waals surface area contributed by atoms with Gasteiger partial charge in [-0.25, -0.2) is 4.98 Å². The molecule has 1 aliphatic rings. The molecular formula is C14H21N3S. The monoisotopic (exact) mass is 263 g/mol. The van der Waals surface area contributed by atoms with Crippen molar-refractivity contribution in [1.82, 2.24) is 14.7 Å². The molecule has 0 bridgehead atoms. The minimum atomic E-state index is 0.375. The highest BCUT2D eigenvalue weighted by Gasteiger charge is 2.41. The summed E-state index contributed by atoms with van der Waals surface area (Å²) in [5, 5.41) is 5.61. The summed E-state index contributed by atoms with van der Waals surface area (Å²) in [6, 6.07) is 0. The maximum Gasteiger partial charge on any atom is 0.193 e. The third-order valence-electron chi connectivity index (χ3n) is 4.07. The molecule has 0 radical (unpaired) electrons. The highest BCUT2D eigenvalue weighted by molar-refractivity contribution is 7.15. The van der Waals surface area contributed by atoms with Gasteiger partial charge in [0, 0.05) is 24.3 Å². The van der Waals surface area contributed by atoms with Gasteiger partial charge in [-0.3, -0.25) is 4.40 Å². The molecule has 0 saturated heterocycles. The number of nitrogens with zero attached hydrogens (tertiary/aromatic N) is 2. The van der Waals surface area contributed by atoms with E-state index in [0.29, 0.717) is 5.41 Å². The number of fused-ring (bicyclic) bond motifs is 1. The van der Waals surface area contributed by atoms with E-state index in [-0.39, 0.29) is 0 Å². The Kier molecular flexibility index (Phi) is 3.16. The van der Waals surface area contributed by atoms with E-state index in [4.69, 9.17) is 4.98 Å². The SMILES string of the molecule is CCNCC(C)(Cc1cn2ccsc2n1)C1CC1. The van der Waals surface area contributed by atoms with Gasteiger partial charge in [-0.05, 0) is 37.1 Å². The van der Waals surface area contributed by atoms with E-state index in [9.17, 15) is 0 Å². The number of hydrogen-bond donors (Lipinski definition) is 1. The Morgan fingerprint density at radius 1 is 1.56 bits per heavy atom. The van der Waals surface area contributed by atoms with Gasteiger partial charge in [0.25, 0.3) is 0 Å². The first-order valence-corrected chi connectivity index (χ1v) is 7.71. The van der Waals surface area contributed by atoms with Crippen LogP contribution in [-0.2, 0) is 6.42 Å². The van der Waals surface area contributed by atoms with Crippen LogP contribution in [0.5, 0.6) is 0 Å². The largest absolute Gasteiger partial charge is 0.316 e. The molecule has 18 heavy (non-hydrogen) atoms. The lowest BCUT2D eigenvalue weighted by Crippen LogP contribution is -2.35. The van der Waals surface area contributed by atoms with E-state index in [1.54, 1.807) is 11.3 Å². The molecule has 2 aromatic heterocycles. The fourth-order valence-electron chi connectivity index (χ4n) is 2.82. The maximum atomic E-state index is 4.73. The summed E-state index contributed by atoms with van der Waals surface area (Å²) in [5.41, 5.74) is 1.62. The summed E-state index contributed by atoms with van der Waals surface area (Å²) < 4.78 is 2.14. The zero-order chi connectivity index (χ0) is 12.6. The van der Waals surface area contributed by atoms with Gasteiger partial charge in [-0.1, -0.05) is 13.8 Å². The van der Waals surface area contributed by atoms with Crippen LogP contribution in [0, 0.1) is 11.3 Å². The zero-order valence-electron chi connectivity index (χ0n) is 11.1. The van der Waals surface area contributed by atoms with Crippen LogP contribution in [0.4, 0.5) is 0 Å². The topological polar surface area (TPSA) is 29.3 Å². The molecule has 2 aromatic rings. The van der Waals surface area contributed by atoms with E-state index in [2.05, 4.69) is 41.3 Å². The molecule has 0 spiro atoms. The molecule has 98 valence electrons. The second-order valence-corrected chi connectivity index (χ2v) is 6.58. The van der Waals surface area contributed by atoms with Crippen LogP contribution >= 0.6 is 11.3 Å². The van der Waals surface area contributed by atoms with Gasteiger partial charge in [0.1, 0.15) is 0 Å². The smallest absolute Gasteiger partial charge is 0.193 e. The highest BCUT2D eigenvalue weighted by Crippen LogP contribution is 2.47. The standard InChI is InChI=1S/C14H21N3S/c1-3-15-10-14(2,11-4-5-11)8-12-9-17-6-7-18-13(17)16-12/h6-7,9,11,15H,3-5,8,10H2,1-2H3. The maximum absolute atomic E-state index is 4.73. The first-order chi connectivity index (χ1) is 8.71. The van der Waals surface area contributed by atoms with E-state index >= 15 is 0 Å². The zero-order valence-corrected chi connectivity index (χ0v) is 12.0. The normalized spacial score (nSPS) is 19.2. The summed E-state index contributed by atoms with van der Waals surface area (Å²) in [7, 11) is 0. The summed E-state index contributed by atoms with van der Waals surface area (Å²) in [4.78, 5) is 5.85. The quantitative estimate of drug-likeness (QED) is 0.868. The fourth-order valence-corrected chi connectivity index (χ4v) is 3.54. The fraction of sp³-hybridized carbons (Fsp3) is 0.643. The van der Waals surface area contributed by atoms with Gasteiger partial charge in [0.15, 0.2) is 4.96 Å². The summed E-state index contributed by atoms with van der Waals surface area (Å²) in [5.74, 6) is 0.885. The van der Waals surface area contributed by atoms with Crippen LogP contribution in [0.25, 0.3) is 4.96 Å². The van der Waals surface area contributed by atoms with Crippen LogP contribution in [0.2, 0.25) is 0 Å². The molecule has 4 heteroatoms. The number of aromatic nitrogens is 2. The van der Waals surface area contributed by atoms with E-state index in [0.717, 1.165) is 30.4 Å². The second-order valence-electron chi connectivity index (χ2n) is 5.71. The van der Waals surface area contributed by atoms with Gasteiger partial charge in [-0.2, -0.15) is 0 Å². The lowest BCUT2D eigenvalue weighted by molar-refractivity contribution is 0.256. The van der Waals surface area contributed by atoms with Crippen molar-refractivity contribution in [1.29, 1.82) is 0 Å². The average Bonchev–Trinajstić information content (AvgIpc) is 3.02. The van der Waals surface area contributed by atoms with Crippen molar-refractivity contribution in [3.8, 4) is 0 Å². The number of rotatable bonds is 6. The molecular weight excluding hydrogens is 242 g/mol. The predicted octanol–water partition coefficient (Wildman–Crippen LogP) is 2.96. The molecule has 0 amide bonds. The summed E-state index contributed by atoms with van der Waals surface area (Å²) in [6.07, 6.45) is 8.17. The Morgan fingerprint density at radius 3 is 3.06 bits per heavy atom. The minimum absolute atomic E-state index is 0.375. The third kappa shape index (κ3) is 2.31. The van der Waals surface area contributed by atoms with Gasteiger partial charge in [-0.15, -0.1) is 11.3 Å². The Morgan fingerprint density at radius 2 is 2.39 bits per heavy atom. The van der Waals surface area contributed by atoms with Crippen LogP contribution in [0.3, 0.4) is 0 Å². The van der Waals surface area contributed by atoms with Crippen molar-refractivity contribution in [2.45, 2.75) is 33.1 Å². The first-order valence-electron chi connectivity index (χ1n) is 6.83. The Balaban J connectivity index is 1.77. The average molecular weight is 263 g/mol. The van der Waals surface area contributed by atoms with Crippen LogP contribution in [0.1, 0.15) is 32.4 Å². The van der Waals surface area contributed by atoms with Crippen molar-refractivity contribution < 1.29 is 0 Å². The molecule has 1 N–H and O–H groups in total. The number of hydrogen-bond acceptors (Lipinski definition) is 3. The Bertz CT molecular complexity index is 497. The lowest BCUT2D eigenvalue weighted by atomic mass is 9.80. The summed E-state index contributed by atoms with van der Waals surface area (Å²) >= 11 is 1.71. The second kappa shape index (κ2) is 4.67. The molecule has 1 unspecified atom stereocenters. The van der Waals surface area contributed by atoms with Gasteiger partial charge >= 0.3 is 0 Å². The van der Waals surface area contributed by atoms with Crippen molar-refractivity contribution >= 4 is 16.3 Å². The molecule has 3 rings (SSSR count). The van der Waals surface area contributed by atoms with E-state index in [1.165, 1.54) is 18.5 Å².